The minimum atomic E-state index is 0.0850. The Bertz CT molecular complexity index is 515. The Morgan fingerprint density at radius 1 is 1.30 bits per heavy atom. The Morgan fingerprint density at radius 3 is 2.85 bits per heavy atom. The Labute approximate surface area is 119 Å². The van der Waals surface area contributed by atoms with Crippen LogP contribution in [0.1, 0.15) is 42.5 Å². The minimum absolute atomic E-state index is 0.0850. The monoisotopic (exact) mass is 274 g/mol. The van der Waals surface area contributed by atoms with E-state index in [0.717, 1.165) is 19.4 Å². The largest absolute Gasteiger partial charge is 0.497 e. The van der Waals surface area contributed by atoms with Crippen molar-refractivity contribution in [3.05, 3.63) is 23.8 Å². The fraction of sp³-hybridized carbons (Fsp3) is 0.562. The van der Waals surface area contributed by atoms with E-state index in [1.165, 1.54) is 19.3 Å². The van der Waals surface area contributed by atoms with Crippen LogP contribution in [0.3, 0.4) is 0 Å². The van der Waals surface area contributed by atoms with E-state index in [2.05, 4.69) is 4.90 Å². The van der Waals surface area contributed by atoms with Crippen molar-refractivity contribution in [2.45, 2.75) is 38.1 Å². The van der Waals surface area contributed by atoms with E-state index in [1.807, 2.05) is 0 Å². The molecule has 4 nitrogen and oxygen atoms in total. The molecule has 2 N–H and O–H groups in total. The van der Waals surface area contributed by atoms with Gasteiger partial charge in [-0.25, -0.2) is 0 Å². The molecular formula is C16H22N2O2. The highest BCUT2D eigenvalue weighted by Gasteiger charge is 2.37. The van der Waals surface area contributed by atoms with E-state index in [0.29, 0.717) is 29.0 Å². The van der Waals surface area contributed by atoms with Gasteiger partial charge < -0.3 is 15.4 Å². The van der Waals surface area contributed by atoms with Crippen molar-refractivity contribution >= 4 is 11.6 Å². The van der Waals surface area contributed by atoms with Gasteiger partial charge in [0.05, 0.1) is 12.7 Å². The zero-order valence-electron chi connectivity index (χ0n) is 12.0. The van der Waals surface area contributed by atoms with Crippen LogP contribution in [-0.4, -0.2) is 30.5 Å². The molecule has 1 aliphatic heterocycles. The molecule has 108 valence electrons. The fourth-order valence-electron chi connectivity index (χ4n) is 3.72. The molecule has 1 saturated heterocycles. The van der Waals surface area contributed by atoms with Gasteiger partial charge >= 0.3 is 0 Å². The second-order valence-corrected chi connectivity index (χ2v) is 5.85. The van der Waals surface area contributed by atoms with E-state index in [1.54, 1.807) is 25.3 Å². The summed E-state index contributed by atoms with van der Waals surface area (Å²) in [6.07, 6.45) is 6.05. The molecule has 2 aliphatic rings. The number of nitrogens with zero attached hydrogens (tertiary/aromatic N) is 1. The molecule has 4 heteroatoms. The lowest BCUT2D eigenvalue weighted by Crippen LogP contribution is -2.46. The number of hydrogen-bond donors (Lipinski definition) is 1. The Balaban J connectivity index is 1.84. The molecule has 1 aromatic rings. The standard InChI is InChI=1S/C16H22N2O2/c1-20-12-7-8-13(14(17)10-12)16(19)18-9-3-5-11-4-2-6-15(11)18/h7-8,10-11,15H,2-6,9,17H2,1H3. The summed E-state index contributed by atoms with van der Waals surface area (Å²) in [4.78, 5) is 14.8. The lowest BCUT2D eigenvalue weighted by molar-refractivity contribution is 0.0549. The number of fused-ring (bicyclic) bond motifs is 1. The second kappa shape index (κ2) is 5.35. The second-order valence-electron chi connectivity index (χ2n) is 5.85. The number of nitrogens with two attached hydrogens (primary N) is 1. The summed E-state index contributed by atoms with van der Waals surface area (Å²) in [5.74, 6) is 1.48. The van der Waals surface area contributed by atoms with E-state index < -0.39 is 0 Å². The van der Waals surface area contributed by atoms with Crippen molar-refractivity contribution in [3.63, 3.8) is 0 Å². The zero-order valence-corrected chi connectivity index (χ0v) is 12.0. The lowest BCUT2D eigenvalue weighted by atomic mass is 9.91. The quantitative estimate of drug-likeness (QED) is 0.844. The number of likely N-dealkylation sites (tertiary alicyclic amines) is 1. The summed E-state index contributed by atoms with van der Waals surface area (Å²) >= 11 is 0. The van der Waals surface area contributed by atoms with Crippen LogP contribution in [0.4, 0.5) is 5.69 Å². The molecule has 0 bridgehead atoms. The number of ether oxygens (including phenoxy) is 1. The van der Waals surface area contributed by atoms with Crippen molar-refractivity contribution in [1.82, 2.24) is 4.90 Å². The fourth-order valence-corrected chi connectivity index (χ4v) is 3.72. The maximum Gasteiger partial charge on any atom is 0.256 e. The average Bonchev–Trinajstić information content (AvgIpc) is 2.94. The number of methoxy groups -OCH3 is 1. The molecule has 0 spiro atoms. The van der Waals surface area contributed by atoms with Gasteiger partial charge in [-0.05, 0) is 43.7 Å². The highest BCUT2D eigenvalue weighted by molar-refractivity contribution is 5.99. The molecule has 1 amide bonds. The van der Waals surface area contributed by atoms with Crippen LogP contribution in [-0.2, 0) is 0 Å². The molecule has 2 unspecified atom stereocenters. The smallest absolute Gasteiger partial charge is 0.256 e. The Morgan fingerprint density at radius 2 is 2.10 bits per heavy atom. The van der Waals surface area contributed by atoms with Crippen molar-refractivity contribution in [2.24, 2.45) is 5.92 Å². The summed E-state index contributed by atoms with van der Waals surface area (Å²) in [6, 6.07) is 5.75. The van der Waals surface area contributed by atoms with Gasteiger partial charge in [-0.15, -0.1) is 0 Å². The van der Waals surface area contributed by atoms with Gasteiger partial charge in [-0.2, -0.15) is 0 Å². The molecule has 1 saturated carbocycles. The molecule has 2 atom stereocenters. The molecule has 1 aromatic carbocycles. The van der Waals surface area contributed by atoms with Gasteiger partial charge in [-0.3, -0.25) is 4.79 Å². The zero-order chi connectivity index (χ0) is 14.1. The number of benzene rings is 1. The van der Waals surface area contributed by atoms with Crippen LogP contribution in [0, 0.1) is 5.92 Å². The number of carbonyl (C=O) groups excluding carboxylic acids is 1. The van der Waals surface area contributed by atoms with Crippen LogP contribution in [0.25, 0.3) is 0 Å². The van der Waals surface area contributed by atoms with E-state index >= 15 is 0 Å². The van der Waals surface area contributed by atoms with E-state index in [9.17, 15) is 4.79 Å². The summed E-state index contributed by atoms with van der Waals surface area (Å²) < 4.78 is 5.14. The van der Waals surface area contributed by atoms with Crippen molar-refractivity contribution < 1.29 is 9.53 Å². The number of anilines is 1. The first-order valence-electron chi connectivity index (χ1n) is 7.45. The van der Waals surface area contributed by atoms with Crippen LogP contribution in [0.15, 0.2) is 18.2 Å². The Hall–Kier alpha value is -1.71. The van der Waals surface area contributed by atoms with Gasteiger partial charge in [-0.1, -0.05) is 6.42 Å². The van der Waals surface area contributed by atoms with Gasteiger partial charge in [0.2, 0.25) is 0 Å². The first-order chi connectivity index (χ1) is 9.70. The highest BCUT2D eigenvalue weighted by atomic mass is 16.5. The summed E-state index contributed by atoms with van der Waals surface area (Å²) in [5, 5.41) is 0. The summed E-state index contributed by atoms with van der Waals surface area (Å²) in [7, 11) is 1.60. The first-order valence-corrected chi connectivity index (χ1v) is 7.45. The highest BCUT2D eigenvalue weighted by Crippen LogP contribution is 2.37. The molecule has 1 aliphatic carbocycles. The number of rotatable bonds is 2. The third-order valence-corrected chi connectivity index (χ3v) is 4.74. The van der Waals surface area contributed by atoms with E-state index in [-0.39, 0.29) is 5.91 Å². The maximum absolute atomic E-state index is 12.8. The molecule has 20 heavy (non-hydrogen) atoms. The molecule has 2 fully saturated rings. The van der Waals surface area contributed by atoms with Crippen LogP contribution < -0.4 is 10.5 Å². The van der Waals surface area contributed by atoms with Crippen LogP contribution >= 0.6 is 0 Å². The minimum Gasteiger partial charge on any atom is -0.497 e. The van der Waals surface area contributed by atoms with Crippen molar-refractivity contribution in [3.8, 4) is 5.75 Å². The third-order valence-electron chi connectivity index (χ3n) is 4.74. The van der Waals surface area contributed by atoms with Gasteiger partial charge in [0, 0.05) is 24.3 Å². The number of hydrogen-bond acceptors (Lipinski definition) is 3. The van der Waals surface area contributed by atoms with Crippen molar-refractivity contribution in [1.29, 1.82) is 0 Å². The van der Waals surface area contributed by atoms with Gasteiger partial charge in [0.1, 0.15) is 5.75 Å². The topological polar surface area (TPSA) is 55.6 Å². The average molecular weight is 274 g/mol. The lowest BCUT2D eigenvalue weighted by Gasteiger charge is -2.38. The number of piperidine rings is 1. The molecule has 0 aromatic heterocycles. The van der Waals surface area contributed by atoms with Gasteiger partial charge in [0.25, 0.3) is 5.91 Å². The summed E-state index contributed by atoms with van der Waals surface area (Å²) in [6.45, 7) is 0.867. The normalized spacial score (nSPS) is 25.4. The molecular weight excluding hydrogens is 252 g/mol. The molecule has 1 heterocycles. The van der Waals surface area contributed by atoms with Crippen LogP contribution in [0.2, 0.25) is 0 Å². The van der Waals surface area contributed by atoms with Crippen molar-refractivity contribution in [2.75, 3.05) is 19.4 Å². The van der Waals surface area contributed by atoms with Crippen LogP contribution in [0.5, 0.6) is 5.75 Å². The SMILES string of the molecule is COc1ccc(C(=O)N2CCCC3CCCC32)c(N)c1. The maximum atomic E-state index is 12.8. The number of carbonyl (C=O) groups is 1. The first kappa shape index (κ1) is 13.3. The molecule has 3 rings (SSSR count). The summed E-state index contributed by atoms with van der Waals surface area (Å²) in [5.41, 5.74) is 7.13. The predicted molar refractivity (Wildman–Crippen MR) is 78.8 cm³/mol. The number of nitrogen functional groups attached to an aromatic ring is 1. The number of amides is 1. The molecule has 0 radical (unpaired) electrons. The predicted octanol–water partition coefficient (Wildman–Crippen LogP) is 2.68. The van der Waals surface area contributed by atoms with E-state index in [4.69, 9.17) is 10.5 Å². The Kier molecular flexibility index (Phi) is 3.55. The van der Waals surface area contributed by atoms with Gasteiger partial charge in [0.15, 0.2) is 0 Å². The third kappa shape index (κ3) is 2.23.